The Morgan fingerprint density at radius 2 is 1.17 bits per heavy atom. The Morgan fingerprint density at radius 3 is 1.77 bits per heavy atom. The molecule has 3 aromatic carbocycles. The van der Waals surface area contributed by atoms with Crippen LogP contribution in [0.2, 0.25) is 0 Å². The molecule has 0 heterocycles. The van der Waals surface area contributed by atoms with E-state index in [0.29, 0.717) is 5.56 Å². The van der Waals surface area contributed by atoms with Crippen LogP contribution in [0.3, 0.4) is 0 Å². The summed E-state index contributed by atoms with van der Waals surface area (Å²) < 4.78 is 15.1. The molecular weight excluding hydrogens is 448 g/mol. The van der Waals surface area contributed by atoms with E-state index in [-0.39, 0.29) is 13.7 Å². The van der Waals surface area contributed by atoms with Crippen molar-refractivity contribution < 1.29 is 4.39 Å². The molecule has 3 aromatic rings. The van der Waals surface area contributed by atoms with Crippen molar-refractivity contribution in [1.82, 2.24) is 0 Å². The third-order valence-electron chi connectivity index (χ3n) is 8.08. The number of hydrogen-bond acceptors (Lipinski definition) is 1. The third-order valence-corrected chi connectivity index (χ3v) is 11.6. The van der Waals surface area contributed by atoms with E-state index < -0.39 is 0 Å². The van der Waals surface area contributed by atoms with Gasteiger partial charge in [-0.2, -0.15) is 0 Å². The van der Waals surface area contributed by atoms with E-state index in [9.17, 15) is 0 Å². The van der Waals surface area contributed by atoms with E-state index in [1.54, 1.807) is 17.4 Å². The monoisotopic (exact) mass is 487 g/mol. The minimum atomic E-state index is -0.269. The lowest BCUT2D eigenvalue weighted by Crippen LogP contribution is -2.27. The van der Waals surface area contributed by atoms with Gasteiger partial charge < -0.3 is 4.90 Å². The van der Waals surface area contributed by atoms with Gasteiger partial charge in [0.2, 0.25) is 0 Å². The molecule has 35 heavy (non-hydrogen) atoms. The topological polar surface area (TPSA) is 3.24 Å². The first-order valence-corrected chi connectivity index (χ1v) is 15.1. The minimum absolute atomic E-state index is 0.149. The highest BCUT2D eigenvalue weighted by Gasteiger charge is 2.34. The molecule has 5 rings (SSSR count). The molecule has 0 spiro atoms. The summed E-state index contributed by atoms with van der Waals surface area (Å²) >= 11 is 0. The molecule has 1 nitrogen and oxygen atoms in total. The maximum atomic E-state index is 15.1. The number of rotatable bonds is 6. The number of nitrogens with zero attached hydrogens (tertiary/aromatic N) is 1. The van der Waals surface area contributed by atoms with Gasteiger partial charge in [-0.05, 0) is 65.6 Å². The molecule has 184 valence electrons. The van der Waals surface area contributed by atoms with Gasteiger partial charge in [-0.1, -0.05) is 101 Å². The predicted octanol–water partition coefficient (Wildman–Crippen LogP) is 9.00. The first-order valence-electron chi connectivity index (χ1n) is 13.6. The molecule has 0 aliphatic heterocycles. The fraction of sp³-hybridized carbons (Fsp3) is 0.438. The molecule has 2 saturated carbocycles. The standard InChI is InChI=1S/C32H39FNP/c1-34(2)30-22-13-20-27(26-18-9-11-21-29(26)33)32(30)28-19-10-12-23-31(28)35(24-14-5-3-6-15-24)25-16-7-4-8-17-25/h9-13,18-25H,3-8,14-17H2,1-2H3. The first-order chi connectivity index (χ1) is 17.1. The second kappa shape index (κ2) is 11.3. The summed E-state index contributed by atoms with van der Waals surface area (Å²) in [6, 6.07) is 22.8. The van der Waals surface area contributed by atoms with Crippen LogP contribution in [0.1, 0.15) is 64.2 Å². The minimum Gasteiger partial charge on any atom is -0.377 e. The zero-order valence-corrected chi connectivity index (χ0v) is 22.2. The summed E-state index contributed by atoms with van der Waals surface area (Å²) in [5.41, 5.74) is 7.04. The van der Waals surface area contributed by atoms with Gasteiger partial charge in [-0.25, -0.2) is 4.39 Å². The summed E-state index contributed by atoms with van der Waals surface area (Å²) in [7, 11) is 3.95. The van der Waals surface area contributed by atoms with Gasteiger partial charge in [0, 0.05) is 30.9 Å². The molecule has 2 fully saturated rings. The largest absolute Gasteiger partial charge is 0.377 e. The predicted molar refractivity (Wildman–Crippen MR) is 152 cm³/mol. The normalized spacial score (nSPS) is 17.6. The highest BCUT2D eigenvalue weighted by atomic mass is 31.1. The Morgan fingerprint density at radius 1 is 0.629 bits per heavy atom. The molecule has 3 heteroatoms. The average Bonchev–Trinajstić information content (AvgIpc) is 2.90. The van der Waals surface area contributed by atoms with Crippen LogP contribution in [-0.4, -0.2) is 25.4 Å². The second-order valence-corrected chi connectivity index (χ2v) is 13.3. The zero-order chi connectivity index (χ0) is 24.2. The van der Waals surface area contributed by atoms with E-state index >= 15 is 4.39 Å². The molecule has 0 unspecified atom stereocenters. The Kier molecular flexibility index (Phi) is 7.88. The fourth-order valence-electron chi connectivity index (χ4n) is 6.42. The SMILES string of the molecule is CN(C)c1cccc(-c2ccccc2F)c1-c1ccccc1P(C1CCCCC1)C1CCCCC1. The van der Waals surface area contributed by atoms with Crippen LogP contribution in [-0.2, 0) is 0 Å². The molecule has 0 N–H and O–H groups in total. The van der Waals surface area contributed by atoms with E-state index in [4.69, 9.17) is 0 Å². The molecule has 0 atom stereocenters. The number of anilines is 1. The molecule has 2 aliphatic carbocycles. The highest BCUT2D eigenvalue weighted by molar-refractivity contribution is 7.67. The van der Waals surface area contributed by atoms with Crippen LogP contribution in [0.4, 0.5) is 10.1 Å². The van der Waals surface area contributed by atoms with Crippen molar-refractivity contribution in [1.29, 1.82) is 0 Å². The van der Waals surface area contributed by atoms with Crippen molar-refractivity contribution in [2.75, 3.05) is 19.0 Å². The van der Waals surface area contributed by atoms with Gasteiger partial charge in [-0.15, -0.1) is 0 Å². The van der Waals surface area contributed by atoms with E-state index in [1.165, 1.54) is 81.0 Å². The van der Waals surface area contributed by atoms with Crippen molar-refractivity contribution in [3.05, 3.63) is 72.5 Å². The molecule has 2 aliphatic rings. The van der Waals surface area contributed by atoms with Gasteiger partial charge in [0.25, 0.3) is 0 Å². The Bertz CT molecular complexity index is 1110. The quantitative estimate of drug-likeness (QED) is 0.314. The summed E-state index contributed by atoms with van der Waals surface area (Å²) in [5, 5.41) is 1.56. The Labute approximate surface area is 212 Å². The summed E-state index contributed by atoms with van der Waals surface area (Å²) in [6.07, 6.45) is 13.8. The summed E-state index contributed by atoms with van der Waals surface area (Å²) in [6.45, 7) is 0. The number of hydrogen-bond donors (Lipinski definition) is 0. The molecule has 0 aromatic heterocycles. The molecule has 0 amide bonds. The van der Waals surface area contributed by atoms with Crippen LogP contribution in [0.5, 0.6) is 0 Å². The lowest BCUT2D eigenvalue weighted by atomic mass is 9.92. The maximum absolute atomic E-state index is 15.1. The smallest absolute Gasteiger partial charge is 0.131 e. The highest BCUT2D eigenvalue weighted by Crippen LogP contribution is 2.57. The number of benzene rings is 3. The second-order valence-electron chi connectivity index (χ2n) is 10.6. The van der Waals surface area contributed by atoms with Crippen LogP contribution < -0.4 is 10.2 Å². The van der Waals surface area contributed by atoms with Gasteiger partial charge in [0.05, 0.1) is 0 Å². The van der Waals surface area contributed by atoms with Gasteiger partial charge in [-0.3, -0.25) is 0 Å². The third kappa shape index (κ3) is 5.19. The lowest BCUT2D eigenvalue weighted by molar-refractivity contribution is 0.487. The molecule has 0 bridgehead atoms. The van der Waals surface area contributed by atoms with Crippen molar-refractivity contribution in [2.24, 2.45) is 0 Å². The number of halogens is 1. The van der Waals surface area contributed by atoms with Crippen LogP contribution in [0, 0.1) is 5.82 Å². The fourth-order valence-corrected chi connectivity index (χ4v) is 10.4. The van der Waals surface area contributed by atoms with E-state index in [1.807, 2.05) is 12.1 Å². The van der Waals surface area contributed by atoms with E-state index in [0.717, 1.165) is 16.9 Å². The first kappa shape index (κ1) is 24.5. The van der Waals surface area contributed by atoms with Gasteiger partial charge in [0.1, 0.15) is 5.82 Å². The summed E-state index contributed by atoms with van der Waals surface area (Å²) in [4.78, 5) is 2.19. The molecule has 0 radical (unpaired) electrons. The molecular formula is C32H39FNP. The lowest BCUT2D eigenvalue weighted by Gasteiger charge is -2.40. The Hall–Kier alpha value is -2.18. The molecule has 0 saturated heterocycles. The van der Waals surface area contributed by atoms with Crippen molar-refractivity contribution >= 4 is 18.9 Å². The van der Waals surface area contributed by atoms with Crippen LogP contribution in [0.25, 0.3) is 22.3 Å². The van der Waals surface area contributed by atoms with Crippen LogP contribution >= 0.6 is 7.92 Å². The van der Waals surface area contributed by atoms with Gasteiger partial charge in [0.15, 0.2) is 0 Å². The zero-order valence-electron chi connectivity index (χ0n) is 21.3. The maximum Gasteiger partial charge on any atom is 0.131 e. The van der Waals surface area contributed by atoms with Crippen LogP contribution in [0.15, 0.2) is 66.7 Å². The van der Waals surface area contributed by atoms with Gasteiger partial charge >= 0.3 is 0 Å². The van der Waals surface area contributed by atoms with Crippen molar-refractivity contribution in [3.8, 4) is 22.3 Å². The summed E-state index contributed by atoms with van der Waals surface area (Å²) in [5.74, 6) is -0.149. The Balaban J connectivity index is 1.71. The van der Waals surface area contributed by atoms with Crippen molar-refractivity contribution in [2.45, 2.75) is 75.5 Å². The average molecular weight is 488 g/mol. The van der Waals surface area contributed by atoms with Crippen molar-refractivity contribution in [3.63, 3.8) is 0 Å². The van der Waals surface area contributed by atoms with E-state index in [2.05, 4.69) is 61.5 Å².